The Hall–Kier alpha value is -1.39. The fourth-order valence-corrected chi connectivity index (χ4v) is 2.70. The van der Waals surface area contributed by atoms with Crippen molar-refractivity contribution in [1.29, 1.82) is 5.26 Å². The van der Waals surface area contributed by atoms with Gasteiger partial charge in [-0.15, -0.1) is 0 Å². The highest BCUT2D eigenvalue weighted by Crippen LogP contribution is 2.13. The molecule has 0 saturated heterocycles. The van der Waals surface area contributed by atoms with Gasteiger partial charge >= 0.3 is 0 Å². The van der Waals surface area contributed by atoms with Crippen molar-refractivity contribution in [3.05, 3.63) is 12.0 Å². The lowest BCUT2D eigenvalue weighted by molar-refractivity contribution is 0.433. The molecule has 0 spiro atoms. The van der Waals surface area contributed by atoms with Crippen LogP contribution in [0.3, 0.4) is 0 Å². The number of hydrogen-bond acceptors (Lipinski definition) is 4. The third kappa shape index (κ3) is 2.59. The van der Waals surface area contributed by atoms with Crippen LogP contribution in [-0.2, 0) is 10.0 Å². The average molecular weight is 242 g/mol. The first-order valence-corrected chi connectivity index (χ1v) is 6.35. The monoisotopic (exact) mass is 242 g/mol. The molecule has 16 heavy (non-hydrogen) atoms. The molecule has 0 aromatic carbocycles. The second-order valence-corrected chi connectivity index (χ2v) is 5.14. The fraction of sp³-hybridized carbons (Fsp3) is 0.556. The van der Waals surface area contributed by atoms with Crippen LogP contribution in [0.4, 0.5) is 0 Å². The lowest BCUT2D eigenvalue weighted by Crippen LogP contribution is -2.32. The first kappa shape index (κ1) is 12.7. The van der Waals surface area contributed by atoms with Gasteiger partial charge in [0, 0.05) is 19.5 Å². The largest absolute Gasteiger partial charge is 0.332 e. The van der Waals surface area contributed by atoms with E-state index in [1.807, 2.05) is 6.07 Å². The van der Waals surface area contributed by atoms with Crippen LogP contribution in [0, 0.1) is 18.3 Å². The Kier molecular flexibility index (Phi) is 4.04. The molecule has 0 saturated carbocycles. The van der Waals surface area contributed by atoms with Crippen molar-refractivity contribution in [3.8, 4) is 6.07 Å². The molecule has 0 aliphatic carbocycles. The minimum atomic E-state index is -3.54. The Balaban J connectivity index is 2.96. The van der Waals surface area contributed by atoms with Crippen molar-refractivity contribution in [2.45, 2.75) is 25.3 Å². The molecule has 6 nitrogen and oxygen atoms in total. The van der Waals surface area contributed by atoms with Crippen molar-refractivity contribution < 1.29 is 8.42 Å². The van der Waals surface area contributed by atoms with Crippen LogP contribution >= 0.6 is 0 Å². The predicted octanol–water partition coefficient (Wildman–Crippen LogP) is 0.642. The van der Waals surface area contributed by atoms with Gasteiger partial charge in [-0.3, -0.25) is 0 Å². The van der Waals surface area contributed by atoms with E-state index in [2.05, 4.69) is 9.97 Å². The summed E-state index contributed by atoms with van der Waals surface area (Å²) in [6.07, 6.45) is 1.47. The summed E-state index contributed by atoms with van der Waals surface area (Å²) in [5.41, 5.74) is 0. The molecule has 1 heterocycles. The number of aromatic amines is 1. The molecule has 0 unspecified atom stereocenters. The predicted molar refractivity (Wildman–Crippen MR) is 58.0 cm³/mol. The number of sulfonamides is 1. The molecule has 88 valence electrons. The summed E-state index contributed by atoms with van der Waals surface area (Å²) in [4.78, 5) is 6.54. The smallest absolute Gasteiger partial charge is 0.260 e. The molecule has 1 aromatic rings. The minimum Gasteiger partial charge on any atom is -0.332 e. The van der Waals surface area contributed by atoms with Gasteiger partial charge in [0.2, 0.25) is 0 Å². The normalized spacial score (nSPS) is 11.6. The zero-order valence-corrected chi connectivity index (χ0v) is 10.1. The van der Waals surface area contributed by atoms with E-state index in [-0.39, 0.29) is 18.0 Å². The maximum Gasteiger partial charge on any atom is 0.260 e. The Morgan fingerprint density at radius 1 is 1.62 bits per heavy atom. The number of H-pyrrole nitrogens is 1. The number of hydrogen-bond donors (Lipinski definition) is 1. The first-order valence-electron chi connectivity index (χ1n) is 4.91. The average Bonchev–Trinajstić information content (AvgIpc) is 2.66. The first-order chi connectivity index (χ1) is 7.52. The van der Waals surface area contributed by atoms with E-state index >= 15 is 0 Å². The molecule has 0 fully saturated rings. The van der Waals surface area contributed by atoms with Crippen LogP contribution in [0.25, 0.3) is 0 Å². The van der Waals surface area contributed by atoms with E-state index < -0.39 is 10.0 Å². The highest BCUT2D eigenvalue weighted by molar-refractivity contribution is 7.89. The lowest BCUT2D eigenvalue weighted by atomic mass is 10.5. The van der Waals surface area contributed by atoms with Gasteiger partial charge in [0.1, 0.15) is 5.82 Å². The zero-order valence-electron chi connectivity index (χ0n) is 9.27. The molecule has 1 rings (SSSR count). The Morgan fingerprint density at radius 2 is 2.31 bits per heavy atom. The number of rotatable bonds is 5. The van der Waals surface area contributed by atoms with Crippen LogP contribution in [0.2, 0.25) is 0 Å². The number of aromatic nitrogens is 2. The number of nitrogens with one attached hydrogen (secondary N) is 1. The standard InChI is InChI=1S/C9H14N4O2S/c1-3-13(6-4-5-10)16(14,15)9-7-11-8(2)12-9/h7H,3-4,6H2,1-2H3,(H,11,12). The summed E-state index contributed by atoms with van der Waals surface area (Å²) in [7, 11) is -3.54. The van der Waals surface area contributed by atoms with Gasteiger partial charge in [0.05, 0.1) is 12.3 Å². The van der Waals surface area contributed by atoms with Crippen molar-refractivity contribution in [2.24, 2.45) is 0 Å². The number of imidazole rings is 1. The highest BCUT2D eigenvalue weighted by atomic mass is 32.2. The third-order valence-corrected chi connectivity index (χ3v) is 4.01. The van der Waals surface area contributed by atoms with Gasteiger partial charge in [-0.2, -0.15) is 9.57 Å². The van der Waals surface area contributed by atoms with Gasteiger partial charge in [0.25, 0.3) is 10.0 Å². The van der Waals surface area contributed by atoms with Gasteiger partial charge < -0.3 is 4.98 Å². The van der Waals surface area contributed by atoms with E-state index in [9.17, 15) is 8.42 Å². The summed E-state index contributed by atoms with van der Waals surface area (Å²) in [5, 5.41) is 8.53. The van der Waals surface area contributed by atoms with E-state index in [1.54, 1.807) is 13.8 Å². The molecule has 1 N–H and O–H groups in total. The summed E-state index contributed by atoms with van der Waals surface area (Å²) in [5.74, 6) is 0.551. The van der Waals surface area contributed by atoms with Gasteiger partial charge in [-0.25, -0.2) is 13.4 Å². The number of nitriles is 1. The Labute approximate surface area is 95.0 Å². The lowest BCUT2D eigenvalue weighted by Gasteiger charge is -2.17. The minimum absolute atomic E-state index is 0.0739. The molecule has 1 aromatic heterocycles. The van der Waals surface area contributed by atoms with Crippen LogP contribution in [-0.4, -0.2) is 35.8 Å². The van der Waals surface area contributed by atoms with Gasteiger partial charge in [-0.05, 0) is 6.92 Å². The molecule has 0 aliphatic rings. The molecular formula is C9H14N4O2S. The van der Waals surface area contributed by atoms with E-state index in [0.717, 1.165) is 0 Å². The molecule has 0 radical (unpaired) electrons. The number of aryl methyl sites for hydroxylation is 1. The fourth-order valence-electron chi connectivity index (χ4n) is 1.29. The van der Waals surface area contributed by atoms with Crippen molar-refractivity contribution >= 4 is 10.0 Å². The topological polar surface area (TPSA) is 89.8 Å². The van der Waals surface area contributed by atoms with E-state index in [1.165, 1.54) is 10.5 Å². The van der Waals surface area contributed by atoms with Crippen LogP contribution in [0.5, 0.6) is 0 Å². The number of nitrogens with zero attached hydrogens (tertiary/aromatic N) is 3. The summed E-state index contributed by atoms with van der Waals surface area (Å²) in [6.45, 7) is 3.96. The van der Waals surface area contributed by atoms with Crippen molar-refractivity contribution in [3.63, 3.8) is 0 Å². The summed E-state index contributed by atoms with van der Waals surface area (Å²) < 4.78 is 25.3. The SMILES string of the molecule is CCN(CCC#N)S(=O)(=O)c1cnc(C)[nH]1. The third-order valence-electron chi connectivity index (χ3n) is 2.12. The van der Waals surface area contributed by atoms with E-state index in [4.69, 9.17) is 5.26 Å². The maximum absolute atomic E-state index is 12.0. The Morgan fingerprint density at radius 3 is 2.75 bits per heavy atom. The van der Waals surface area contributed by atoms with E-state index in [0.29, 0.717) is 12.4 Å². The Bertz CT molecular complexity index is 486. The molecule has 0 bridgehead atoms. The maximum atomic E-state index is 12.0. The quantitative estimate of drug-likeness (QED) is 0.820. The highest BCUT2D eigenvalue weighted by Gasteiger charge is 2.24. The van der Waals surface area contributed by atoms with Crippen LogP contribution in [0.1, 0.15) is 19.2 Å². The second-order valence-electron chi connectivity index (χ2n) is 3.24. The summed E-state index contributed by atoms with van der Waals surface area (Å²) >= 11 is 0. The molecule has 0 aliphatic heterocycles. The van der Waals surface area contributed by atoms with Gasteiger partial charge in [0.15, 0.2) is 5.03 Å². The van der Waals surface area contributed by atoms with Crippen LogP contribution < -0.4 is 0 Å². The van der Waals surface area contributed by atoms with Crippen molar-refractivity contribution in [2.75, 3.05) is 13.1 Å². The molecule has 0 amide bonds. The molecule has 0 atom stereocenters. The zero-order chi connectivity index (χ0) is 12.2. The van der Waals surface area contributed by atoms with Crippen molar-refractivity contribution in [1.82, 2.24) is 14.3 Å². The van der Waals surface area contributed by atoms with Gasteiger partial charge in [-0.1, -0.05) is 6.92 Å². The van der Waals surface area contributed by atoms with Crippen LogP contribution in [0.15, 0.2) is 11.2 Å². The molecule has 7 heteroatoms. The molecular weight excluding hydrogens is 228 g/mol. The summed E-state index contributed by atoms with van der Waals surface area (Å²) in [6, 6.07) is 1.93. The second kappa shape index (κ2) is 5.09.